The Bertz CT molecular complexity index is 699. The van der Waals surface area contributed by atoms with E-state index < -0.39 is 70.5 Å². The van der Waals surface area contributed by atoms with Crippen LogP contribution in [-0.4, -0.2) is 73.3 Å². The summed E-state index contributed by atoms with van der Waals surface area (Å²) in [6.07, 6.45) is -6.44. The standard InChI is InChI=1S/C14H20O12S/c1-6(15)22-5-10-11(23-7(2)16)12(24-8(3)17)13(25-9(4)18)14(26-10)27(19,20)21/h10-14H,5H2,1-4H3,(H,19,20,21)/t10-,11-,12+,13-,14-/m1/s1. The topological polar surface area (TPSA) is 169 Å². The van der Waals surface area contributed by atoms with E-state index in [1.807, 2.05) is 0 Å². The van der Waals surface area contributed by atoms with Gasteiger partial charge >= 0.3 is 23.9 Å². The third-order valence-electron chi connectivity index (χ3n) is 3.24. The lowest BCUT2D eigenvalue weighted by atomic mass is 9.99. The SMILES string of the molecule is CC(=O)OC[C@H]1O[C@H](S(=O)(=O)O)[C@H](OC(C)=O)[C@@H](OC(C)=O)[C@@H]1OC(C)=O. The second kappa shape index (κ2) is 9.10. The number of hydrogen-bond donors (Lipinski definition) is 1. The fourth-order valence-electron chi connectivity index (χ4n) is 2.43. The highest BCUT2D eigenvalue weighted by atomic mass is 32.2. The van der Waals surface area contributed by atoms with Crippen molar-refractivity contribution < 1.29 is 55.8 Å². The maximum atomic E-state index is 11.7. The second-order valence-electron chi connectivity index (χ2n) is 5.58. The molecule has 0 aliphatic carbocycles. The average molecular weight is 412 g/mol. The smallest absolute Gasteiger partial charge is 0.303 e. The molecule has 0 amide bonds. The predicted octanol–water partition coefficient (Wildman–Crippen LogP) is -1.04. The van der Waals surface area contributed by atoms with Gasteiger partial charge < -0.3 is 23.7 Å². The van der Waals surface area contributed by atoms with Gasteiger partial charge in [-0.25, -0.2) is 0 Å². The van der Waals surface area contributed by atoms with E-state index in [-0.39, 0.29) is 0 Å². The fraction of sp³-hybridized carbons (Fsp3) is 0.714. The summed E-state index contributed by atoms with van der Waals surface area (Å²) in [5, 5.41) is 0. The molecule has 27 heavy (non-hydrogen) atoms. The minimum atomic E-state index is -4.98. The first-order valence-electron chi connectivity index (χ1n) is 7.59. The van der Waals surface area contributed by atoms with Crippen molar-refractivity contribution in [1.82, 2.24) is 0 Å². The molecule has 5 atom stereocenters. The highest BCUT2D eigenvalue weighted by molar-refractivity contribution is 7.86. The number of esters is 4. The summed E-state index contributed by atoms with van der Waals surface area (Å²) in [5.74, 6) is -3.51. The van der Waals surface area contributed by atoms with Crippen molar-refractivity contribution in [2.24, 2.45) is 0 Å². The normalized spacial score (nSPS) is 28.0. The van der Waals surface area contributed by atoms with Gasteiger partial charge in [-0.15, -0.1) is 0 Å². The van der Waals surface area contributed by atoms with Gasteiger partial charge in [0.05, 0.1) is 0 Å². The van der Waals surface area contributed by atoms with Crippen LogP contribution in [0.25, 0.3) is 0 Å². The second-order valence-corrected chi connectivity index (χ2v) is 7.08. The molecule has 0 spiro atoms. The zero-order valence-electron chi connectivity index (χ0n) is 14.9. The summed E-state index contributed by atoms with van der Waals surface area (Å²) in [7, 11) is -4.98. The van der Waals surface area contributed by atoms with E-state index in [0.29, 0.717) is 0 Å². The Labute approximate surface area is 154 Å². The largest absolute Gasteiger partial charge is 0.463 e. The molecule has 1 N–H and O–H groups in total. The lowest BCUT2D eigenvalue weighted by Crippen LogP contribution is -2.63. The summed E-state index contributed by atoms with van der Waals surface area (Å²) in [5.41, 5.74) is -2.18. The van der Waals surface area contributed by atoms with Gasteiger partial charge in [-0.1, -0.05) is 0 Å². The Balaban J connectivity index is 3.40. The minimum absolute atomic E-state index is 0.593. The summed E-state index contributed by atoms with van der Waals surface area (Å²) in [6.45, 7) is 3.41. The first-order chi connectivity index (χ1) is 12.3. The maximum Gasteiger partial charge on any atom is 0.303 e. The van der Waals surface area contributed by atoms with Crippen molar-refractivity contribution in [3.8, 4) is 0 Å². The molecule has 1 aliphatic heterocycles. The molecule has 0 aromatic rings. The lowest BCUT2D eigenvalue weighted by molar-refractivity contribution is -0.239. The van der Waals surface area contributed by atoms with Crippen molar-refractivity contribution in [2.45, 2.75) is 57.5 Å². The molecule has 1 fully saturated rings. The Morgan fingerprint density at radius 3 is 1.67 bits per heavy atom. The summed E-state index contributed by atoms with van der Waals surface area (Å²) in [6, 6.07) is 0. The quantitative estimate of drug-likeness (QED) is 0.320. The van der Waals surface area contributed by atoms with Gasteiger partial charge in [0.15, 0.2) is 18.3 Å². The van der Waals surface area contributed by atoms with Gasteiger partial charge in [-0.2, -0.15) is 8.42 Å². The van der Waals surface area contributed by atoms with Gasteiger partial charge in [0, 0.05) is 27.7 Å². The molecular formula is C14H20O12S. The van der Waals surface area contributed by atoms with Gasteiger partial charge in [-0.3, -0.25) is 23.7 Å². The van der Waals surface area contributed by atoms with Crippen LogP contribution in [-0.2, 0) is 53.0 Å². The Hall–Kier alpha value is -2.25. The van der Waals surface area contributed by atoms with Crippen LogP contribution in [0.15, 0.2) is 0 Å². The van der Waals surface area contributed by atoms with Crippen molar-refractivity contribution in [3.63, 3.8) is 0 Å². The molecule has 1 rings (SSSR count). The summed E-state index contributed by atoms with van der Waals surface area (Å²) < 4.78 is 57.6. The fourth-order valence-corrected chi connectivity index (χ4v) is 3.26. The Morgan fingerprint density at radius 2 is 1.26 bits per heavy atom. The number of rotatable bonds is 6. The average Bonchev–Trinajstić information content (AvgIpc) is 2.46. The third kappa shape index (κ3) is 6.77. The molecule has 1 saturated heterocycles. The van der Waals surface area contributed by atoms with E-state index in [4.69, 9.17) is 23.7 Å². The van der Waals surface area contributed by atoms with E-state index in [0.717, 1.165) is 27.7 Å². The van der Waals surface area contributed by atoms with Crippen molar-refractivity contribution in [1.29, 1.82) is 0 Å². The zero-order valence-corrected chi connectivity index (χ0v) is 15.8. The van der Waals surface area contributed by atoms with Crippen molar-refractivity contribution >= 4 is 34.0 Å². The van der Waals surface area contributed by atoms with Gasteiger partial charge in [0.1, 0.15) is 12.7 Å². The number of carbonyl (C=O) groups excluding carboxylic acids is 4. The molecule has 0 aromatic carbocycles. The van der Waals surface area contributed by atoms with E-state index in [1.54, 1.807) is 0 Å². The number of carbonyl (C=O) groups is 4. The Kier molecular flexibility index (Phi) is 7.68. The molecule has 13 heteroatoms. The third-order valence-corrected chi connectivity index (χ3v) is 4.21. The highest BCUT2D eigenvalue weighted by Crippen LogP contribution is 2.31. The first-order valence-corrected chi connectivity index (χ1v) is 9.10. The van der Waals surface area contributed by atoms with Crippen LogP contribution < -0.4 is 0 Å². The van der Waals surface area contributed by atoms with Crippen LogP contribution in [0, 0.1) is 0 Å². The molecule has 12 nitrogen and oxygen atoms in total. The molecule has 0 aromatic heterocycles. The van der Waals surface area contributed by atoms with Crippen LogP contribution in [0.5, 0.6) is 0 Å². The van der Waals surface area contributed by atoms with Gasteiger partial charge in [0.25, 0.3) is 10.1 Å². The van der Waals surface area contributed by atoms with Crippen LogP contribution in [0.4, 0.5) is 0 Å². The van der Waals surface area contributed by atoms with Crippen molar-refractivity contribution in [2.75, 3.05) is 6.61 Å². The lowest BCUT2D eigenvalue weighted by Gasteiger charge is -2.43. The minimum Gasteiger partial charge on any atom is -0.463 e. The van der Waals surface area contributed by atoms with Crippen LogP contribution >= 0.6 is 0 Å². The molecule has 1 aliphatic rings. The molecule has 0 bridgehead atoms. The van der Waals surface area contributed by atoms with Crippen LogP contribution in [0.1, 0.15) is 27.7 Å². The highest BCUT2D eigenvalue weighted by Gasteiger charge is 2.56. The van der Waals surface area contributed by atoms with Gasteiger partial charge in [-0.05, 0) is 0 Å². The van der Waals surface area contributed by atoms with Crippen LogP contribution in [0.2, 0.25) is 0 Å². The first kappa shape index (κ1) is 22.8. The van der Waals surface area contributed by atoms with Crippen LogP contribution in [0.3, 0.4) is 0 Å². The molecule has 0 radical (unpaired) electrons. The number of ether oxygens (including phenoxy) is 5. The Morgan fingerprint density at radius 1 is 0.815 bits per heavy atom. The number of hydrogen-bond acceptors (Lipinski definition) is 11. The molecule has 1 heterocycles. The van der Waals surface area contributed by atoms with E-state index in [1.165, 1.54) is 0 Å². The monoisotopic (exact) mass is 412 g/mol. The predicted molar refractivity (Wildman–Crippen MR) is 83.5 cm³/mol. The molecule has 154 valence electrons. The summed E-state index contributed by atoms with van der Waals surface area (Å²) >= 11 is 0. The molecule has 0 unspecified atom stereocenters. The molecule has 0 saturated carbocycles. The molecular weight excluding hydrogens is 392 g/mol. The van der Waals surface area contributed by atoms with E-state index in [2.05, 4.69) is 0 Å². The summed E-state index contributed by atoms with van der Waals surface area (Å²) in [4.78, 5) is 45.3. The zero-order chi connectivity index (χ0) is 20.9. The van der Waals surface area contributed by atoms with E-state index >= 15 is 0 Å². The van der Waals surface area contributed by atoms with Gasteiger partial charge in [0.2, 0.25) is 5.44 Å². The maximum absolute atomic E-state index is 11.7. The van der Waals surface area contributed by atoms with E-state index in [9.17, 15) is 32.1 Å². The van der Waals surface area contributed by atoms with Crippen molar-refractivity contribution in [3.05, 3.63) is 0 Å².